The van der Waals surface area contributed by atoms with Gasteiger partial charge in [0, 0.05) is 22.5 Å². The predicted molar refractivity (Wildman–Crippen MR) is 83.2 cm³/mol. The molecule has 1 amide bonds. The molecule has 2 rings (SSSR count). The second-order valence-corrected chi connectivity index (χ2v) is 6.28. The standard InChI is InChI=1S/C14H17ClINO/c1-10-3-2-4-12(13(10)16)14(18)17-8-6-11(9-17)5-7-15/h2-4,11H,5-9H2,1H3. The van der Waals surface area contributed by atoms with Crippen molar-refractivity contribution < 1.29 is 4.79 Å². The summed E-state index contributed by atoms with van der Waals surface area (Å²) in [6.45, 7) is 3.76. The molecule has 0 bridgehead atoms. The van der Waals surface area contributed by atoms with Crippen LogP contribution in [0, 0.1) is 16.4 Å². The normalized spacial score (nSPS) is 19.3. The molecule has 1 aliphatic rings. The highest BCUT2D eigenvalue weighted by atomic mass is 127. The third kappa shape index (κ3) is 2.99. The van der Waals surface area contributed by atoms with Crippen LogP contribution in [-0.4, -0.2) is 29.8 Å². The van der Waals surface area contributed by atoms with E-state index < -0.39 is 0 Å². The molecule has 1 aromatic rings. The highest BCUT2D eigenvalue weighted by Gasteiger charge is 2.27. The molecule has 1 unspecified atom stereocenters. The van der Waals surface area contributed by atoms with Gasteiger partial charge >= 0.3 is 0 Å². The number of amides is 1. The van der Waals surface area contributed by atoms with Crippen LogP contribution in [-0.2, 0) is 0 Å². The van der Waals surface area contributed by atoms with Crippen LogP contribution >= 0.6 is 34.2 Å². The van der Waals surface area contributed by atoms with E-state index in [0.29, 0.717) is 11.8 Å². The maximum atomic E-state index is 12.5. The molecule has 2 nitrogen and oxygen atoms in total. The van der Waals surface area contributed by atoms with Gasteiger partial charge in [-0.3, -0.25) is 4.79 Å². The van der Waals surface area contributed by atoms with E-state index in [1.54, 1.807) is 0 Å². The second-order valence-electron chi connectivity index (χ2n) is 4.82. The summed E-state index contributed by atoms with van der Waals surface area (Å²) in [5.74, 6) is 1.43. The summed E-state index contributed by atoms with van der Waals surface area (Å²) < 4.78 is 1.07. The van der Waals surface area contributed by atoms with Gasteiger partial charge < -0.3 is 4.90 Å². The molecular formula is C14H17ClINO. The summed E-state index contributed by atoms with van der Waals surface area (Å²) in [5.41, 5.74) is 2.00. The van der Waals surface area contributed by atoms with Gasteiger partial charge in [0.25, 0.3) is 5.91 Å². The number of carbonyl (C=O) groups excluding carboxylic acids is 1. The Kier molecular flexibility index (Phi) is 4.90. The van der Waals surface area contributed by atoms with E-state index in [-0.39, 0.29) is 5.91 Å². The SMILES string of the molecule is Cc1cccc(C(=O)N2CCC(CCCl)C2)c1I. The number of likely N-dealkylation sites (tertiary alicyclic amines) is 1. The Hall–Kier alpha value is -0.290. The van der Waals surface area contributed by atoms with E-state index in [2.05, 4.69) is 22.6 Å². The third-order valence-electron chi connectivity index (χ3n) is 3.51. The van der Waals surface area contributed by atoms with E-state index in [0.717, 1.165) is 40.6 Å². The Labute approximate surface area is 127 Å². The zero-order valence-corrected chi connectivity index (χ0v) is 13.4. The molecule has 0 aliphatic carbocycles. The van der Waals surface area contributed by atoms with Gasteiger partial charge in [0.2, 0.25) is 0 Å². The van der Waals surface area contributed by atoms with Crippen molar-refractivity contribution >= 4 is 40.1 Å². The highest BCUT2D eigenvalue weighted by molar-refractivity contribution is 14.1. The average molecular weight is 378 g/mol. The number of benzene rings is 1. The zero-order chi connectivity index (χ0) is 13.1. The molecule has 0 radical (unpaired) electrons. The van der Waals surface area contributed by atoms with Crippen LogP contribution in [0.15, 0.2) is 18.2 Å². The molecule has 4 heteroatoms. The summed E-state index contributed by atoms with van der Waals surface area (Å²) in [5, 5.41) is 0. The van der Waals surface area contributed by atoms with Crippen LogP contribution in [0.5, 0.6) is 0 Å². The first kappa shape index (κ1) is 14.1. The molecular weight excluding hydrogens is 361 g/mol. The first-order valence-corrected chi connectivity index (χ1v) is 7.85. The van der Waals surface area contributed by atoms with Gasteiger partial charge in [0.1, 0.15) is 0 Å². The molecule has 1 heterocycles. The summed E-state index contributed by atoms with van der Waals surface area (Å²) in [7, 11) is 0. The number of hydrogen-bond donors (Lipinski definition) is 0. The predicted octanol–water partition coefficient (Wildman–Crippen LogP) is 3.69. The lowest BCUT2D eigenvalue weighted by atomic mass is 10.1. The van der Waals surface area contributed by atoms with Crippen molar-refractivity contribution in [1.29, 1.82) is 0 Å². The summed E-state index contributed by atoms with van der Waals surface area (Å²) in [6.07, 6.45) is 2.09. The van der Waals surface area contributed by atoms with Crippen LogP contribution in [0.2, 0.25) is 0 Å². The molecule has 1 saturated heterocycles. The lowest BCUT2D eigenvalue weighted by Gasteiger charge is -2.18. The van der Waals surface area contributed by atoms with Crippen molar-refractivity contribution in [3.8, 4) is 0 Å². The van der Waals surface area contributed by atoms with Crippen molar-refractivity contribution in [2.75, 3.05) is 19.0 Å². The number of nitrogens with zero attached hydrogens (tertiary/aromatic N) is 1. The maximum Gasteiger partial charge on any atom is 0.254 e. The van der Waals surface area contributed by atoms with Gasteiger partial charge in [-0.25, -0.2) is 0 Å². The average Bonchev–Trinajstić information content (AvgIpc) is 2.81. The largest absolute Gasteiger partial charge is 0.338 e. The Morgan fingerprint density at radius 1 is 1.56 bits per heavy atom. The van der Waals surface area contributed by atoms with E-state index >= 15 is 0 Å². The summed E-state index contributed by atoms with van der Waals surface area (Å²) >= 11 is 8.03. The molecule has 0 saturated carbocycles. The van der Waals surface area contributed by atoms with Gasteiger partial charge in [0.05, 0.1) is 5.56 Å². The Morgan fingerprint density at radius 3 is 3.06 bits per heavy atom. The smallest absolute Gasteiger partial charge is 0.254 e. The van der Waals surface area contributed by atoms with Crippen LogP contribution in [0.3, 0.4) is 0 Å². The highest BCUT2D eigenvalue weighted by Crippen LogP contribution is 2.24. The fourth-order valence-corrected chi connectivity index (χ4v) is 3.29. The number of rotatable bonds is 3. The first-order chi connectivity index (χ1) is 8.63. The monoisotopic (exact) mass is 377 g/mol. The molecule has 0 spiro atoms. The molecule has 1 fully saturated rings. The molecule has 18 heavy (non-hydrogen) atoms. The first-order valence-electron chi connectivity index (χ1n) is 6.24. The number of alkyl halides is 1. The van der Waals surface area contributed by atoms with Gasteiger partial charge in [-0.2, -0.15) is 0 Å². The van der Waals surface area contributed by atoms with E-state index in [9.17, 15) is 4.79 Å². The maximum absolute atomic E-state index is 12.5. The topological polar surface area (TPSA) is 20.3 Å². The molecule has 0 N–H and O–H groups in total. The van der Waals surface area contributed by atoms with Crippen molar-refractivity contribution in [2.45, 2.75) is 19.8 Å². The molecule has 0 aromatic heterocycles. The molecule has 98 valence electrons. The zero-order valence-electron chi connectivity index (χ0n) is 10.5. The fraction of sp³-hybridized carbons (Fsp3) is 0.500. The van der Waals surface area contributed by atoms with Gasteiger partial charge in [-0.05, 0) is 59.9 Å². The minimum absolute atomic E-state index is 0.167. The molecule has 1 aliphatic heterocycles. The van der Waals surface area contributed by atoms with Gasteiger partial charge in [0.15, 0.2) is 0 Å². The van der Waals surface area contributed by atoms with Crippen molar-refractivity contribution in [1.82, 2.24) is 4.90 Å². The molecule has 1 aromatic carbocycles. The van der Waals surface area contributed by atoms with Crippen LogP contribution in [0.25, 0.3) is 0 Å². The lowest BCUT2D eigenvalue weighted by Crippen LogP contribution is -2.29. The Morgan fingerprint density at radius 2 is 2.33 bits per heavy atom. The summed E-state index contributed by atoms with van der Waals surface area (Å²) in [6, 6.07) is 5.92. The van der Waals surface area contributed by atoms with E-state index in [1.807, 2.05) is 30.0 Å². The number of hydrogen-bond acceptors (Lipinski definition) is 1. The van der Waals surface area contributed by atoms with E-state index in [4.69, 9.17) is 11.6 Å². The fourth-order valence-electron chi connectivity index (χ4n) is 2.39. The number of aryl methyl sites for hydroxylation is 1. The minimum atomic E-state index is 0.167. The van der Waals surface area contributed by atoms with Gasteiger partial charge in [-0.15, -0.1) is 11.6 Å². The van der Waals surface area contributed by atoms with Crippen LogP contribution in [0.1, 0.15) is 28.8 Å². The number of halogens is 2. The second kappa shape index (κ2) is 6.24. The van der Waals surface area contributed by atoms with Crippen LogP contribution < -0.4 is 0 Å². The quantitative estimate of drug-likeness (QED) is 0.581. The molecule has 1 atom stereocenters. The van der Waals surface area contributed by atoms with Crippen LogP contribution in [0.4, 0.5) is 0 Å². The Bertz CT molecular complexity index is 449. The van der Waals surface area contributed by atoms with E-state index in [1.165, 1.54) is 0 Å². The van der Waals surface area contributed by atoms with Crippen molar-refractivity contribution in [3.63, 3.8) is 0 Å². The van der Waals surface area contributed by atoms with Crippen molar-refractivity contribution in [2.24, 2.45) is 5.92 Å². The van der Waals surface area contributed by atoms with Gasteiger partial charge in [-0.1, -0.05) is 12.1 Å². The summed E-state index contributed by atoms with van der Waals surface area (Å²) in [4.78, 5) is 14.4. The lowest BCUT2D eigenvalue weighted by molar-refractivity contribution is 0.0786. The Balaban J connectivity index is 2.11. The third-order valence-corrected chi connectivity index (χ3v) is 5.16. The number of carbonyl (C=O) groups is 1. The minimum Gasteiger partial charge on any atom is -0.338 e. The van der Waals surface area contributed by atoms with Crippen molar-refractivity contribution in [3.05, 3.63) is 32.9 Å².